The van der Waals surface area contributed by atoms with Gasteiger partial charge in [-0.25, -0.2) is 0 Å². The van der Waals surface area contributed by atoms with Gasteiger partial charge in [0.2, 0.25) is 5.91 Å². The van der Waals surface area contributed by atoms with Gasteiger partial charge < -0.3 is 14.5 Å². The number of hydrogen-bond acceptors (Lipinski definition) is 5. The predicted octanol–water partition coefficient (Wildman–Crippen LogP) is 1.44. The van der Waals surface area contributed by atoms with E-state index in [-0.39, 0.29) is 11.8 Å². The Bertz CT molecular complexity index is 689. The highest BCUT2D eigenvalue weighted by Gasteiger charge is 2.55. The lowest BCUT2D eigenvalue weighted by Gasteiger charge is -2.26. The lowest BCUT2D eigenvalue weighted by Crippen LogP contribution is -2.46. The summed E-state index contributed by atoms with van der Waals surface area (Å²) < 4.78 is 10.8. The van der Waals surface area contributed by atoms with E-state index in [1.54, 1.807) is 24.9 Å². The van der Waals surface area contributed by atoms with Crippen LogP contribution in [0.3, 0.4) is 0 Å². The Morgan fingerprint density at radius 2 is 2.38 bits per heavy atom. The zero-order chi connectivity index (χ0) is 16.4. The number of nitrogens with zero attached hydrogens (tertiary/aromatic N) is 2. The van der Waals surface area contributed by atoms with Crippen molar-refractivity contribution >= 4 is 5.91 Å². The number of amides is 1. The van der Waals surface area contributed by atoms with Crippen LogP contribution in [0.5, 0.6) is 0 Å². The van der Waals surface area contributed by atoms with Crippen molar-refractivity contribution in [3.63, 3.8) is 0 Å². The van der Waals surface area contributed by atoms with Crippen LogP contribution in [0.2, 0.25) is 0 Å². The fraction of sp³-hybridized carbons (Fsp3) is 0.444. The zero-order valence-electron chi connectivity index (χ0n) is 13.5. The Morgan fingerprint density at radius 3 is 3.17 bits per heavy atom. The highest BCUT2D eigenvalue weighted by atomic mass is 16.5. The molecule has 6 heteroatoms. The molecule has 2 atom stereocenters. The number of ether oxygens (including phenoxy) is 1. The number of rotatable bonds is 5. The van der Waals surface area contributed by atoms with E-state index in [2.05, 4.69) is 15.2 Å². The number of aromatic nitrogens is 1. The molecule has 0 saturated carbocycles. The van der Waals surface area contributed by atoms with Gasteiger partial charge in [0.05, 0.1) is 31.2 Å². The fourth-order valence-electron chi connectivity index (χ4n) is 3.78. The molecule has 2 fully saturated rings. The molecule has 4 heterocycles. The monoisotopic (exact) mass is 327 g/mol. The van der Waals surface area contributed by atoms with Crippen LogP contribution in [0.4, 0.5) is 0 Å². The number of carbonyl (C=O) groups excluding carboxylic acids is 1. The standard InChI is InChI=1S/C18H21N3O3/c22-17(20-7-14-2-1-4-19-6-14)18-12-21(8-15-3-5-23-10-15)9-16(18)11-24-13-18/h1-6,10,16H,7-9,11-13H2,(H,20,22)/t16-,18-/m0/s1. The third-order valence-corrected chi connectivity index (χ3v) is 5.06. The van der Waals surface area contributed by atoms with Crippen LogP contribution in [0.25, 0.3) is 0 Å². The van der Waals surface area contributed by atoms with Gasteiger partial charge in [-0.2, -0.15) is 0 Å². The summed E-state index contributed by atoms with van der Waals surface area (Å²) in [6.45, 7) is 4.07. The molecule has 0 bridgehead atoms. The average Bonchev–Trinajstić information content (AvgIpc) is 3.30. The molecule has 126 valence electrons. The predicted molar refractivity (Wildman–Crippen MR) is 86.8 cm³/mol. The molecule has 24 heavy (non-hydrogen) atoms. The first-order chi connectivity index (χ1) is 11.8. The van der Waals surface area contributed by atoms with E-state index in [1.807, 2.05) is 18.2 Å². The summed E-state index contributed by atoms with van der Waals surface area (Å²) in [5.74, 6) is 0.335. The molecule has 0 radical (unpaired) electrons. The molecule has 2 aromatic heterocycles. The van der Waals surface area contributed by atoms with Gasteiger partial charge in [-0.1, -0.05) is 6.07 Å². The lowest BCUT2D eigenvalue weighted by atomic mass is 9.80. The van der Waals surface area contributed by atoms with Crippen molar-refractivity contribution in [1.29, 1.82) is 0 Å². The van der Waals surface area contributed by atoms with Crippen LogP contribution < -0.4 is 5.32 Å². The third-order valence-electron chi connectivity index (χ3n) is 5.06. The van der Waals surface area contributed by atoms with Crippen LogP contribution in [0.15, 0.2) is 47.5 Å². The minimum Gasteiger partial charge on any atom is -0.472 e. The van der Waals surface area contributed by atoms with E-state index in [0.717, 1.165) is 30.8 Å². The second-order valence-electron chi connectivity index (χ2n) is 6.71. The molecule has 1 N–H and O–H groups in total. The van der Waals surface area contributed by atoms with Crippen molar-refractivity contribution in [3.05, 3.63) is 54.2 Å². The minimum absolute atomic E-state index is 0.0866. The van der Waals surface area contributed by atoms with E-state index in [0.29, 0.717) is 19.8 Å². The van der Waals surface area contributed by atoms with Crippen molar-refractivity contribution in [1.82, 2.24) is 15.2 Å². The second kappa shape index (κ2) is 6.37. The maximum Gasteiger partial charge on any atom is 0.230 e. The molecule has 0 spiro atoms. The molecular formula is C18H21N3O3. The number of nitrogens with one attached hydrogen (secondary N) is 1. The van der Waals surface area contributed by atoms with Crippen LogP contribution in [-0.2, 0) is 22.6 Å². The highest BCUT2D eigenvalue weighted by molar-refractivity contribution is 5.84. The van der Waals surface area contributed by atoms with Gasteiger partial charge in [0, 0.05) is 50.1 Å². The number of furan rings is 1. The van der Waals surface area contributed by atoms with Gasteiger partial charge >= 0.3 is 0 Å². The van der Waals surface area contributed by atoms with Crippen LogP contribution in [0, 0.1) is 11.3 Å². The molecule has 2 saturated heterocycles. The highest BCUT2D eigenvalue weighted by Crippen LogP contribution is 2.42. The molecule has 6 nitrogen and oxygen atoms in total. The van der Waals surface area contributed by atoms with Gasteiger partial charge in [-0.05, 0) is 17.7 Å². The lowest BCUT2D eigenvalue weighted by molar-refractivity contribution is -0.131. The first-order valence-electron chi connectivity index (χ1n) is 8.25. The largest absolute Gasteiger partial charge is 0.472 e. The Labute approximate surface area is 140 Å². The van der Waals surface area contributed by atoms with Crippen molar-refractivity contribution < 1.29 is 13.9 Å². The molecule has 0 aromatic carbocycles. The van der Waals surface area contributed by atoms with Gasteiger partial charge in [-0.3, -0.25) is 14.7 Å². The number of fused-ring (bicyclic) bond motifs is 1. The number of hydrogen-bond donors (Lipinski definition) is 1. The Balaban J connectivity index is 1.42. The first-order valence-corrected chi connectivity index (χ1v) is 8.25. The molecule has 0 unspecified atom stereocenters. The van der Waals surface area contributed by atoms with Gasteiger partial charge in [0.15, 0.2) is 0 Å². The number of pyridine rings is 1. The van der Waals surface area contributed by atoms with E-state index < -0.39 is 5.41 Å². The van der Waals surface area contributed by atoms with Crippen LogP contribution in [0.1, 0.15) is 11.1 Å². The molecule has 1 amide bonds. The van der Waals surface area contributed by atoms with Crippen molar-refractivity contribution in [2.24, 2.45) is 11.3 Å². The van der Waals surface area contributed by atoms with Crippen molar-refractivity contribution in [2.45, 2.75) is 13.1 Å². The van der Waals surface area contributed by atoms with E-state index >= 15 is 0 Å². The zero-order valence-corrected chi connectivity index (χ0v) is 13.5. The summed E-state index contributed by atoms with van der Waals surface area (Å²) in [6.07, 6.45) is 6.96. The second-order valence-corrected chi connectivity index (χ2v) is 6.71. The van der Waals surface area contributed by atoms with Gasteiger partial charge in [-0.15, -0.1) is 0 Å². The molecule has 0 aliphatic carbocycles. The van der Waals surface area contributed by atoms with Crippen molar-refractivity contribution in [2.75, 3.05) is 26.3 Å². The van der Waals surface area contributed by atoms with Crippen LogP contribution >= 0.6 is 0 Å². The van der Waals surface area contributed by atoms with Crippen molar-refractivity contribution in [3.8, 4) is 0 Å². The van der Waals surface area contributed by atoms with Crippen LogP contribution in [-0.4, -0.2) is 42.1 Å². The maximum absolute atomic E-state index is 12.9. The Morgan fingerprint density at radius 1 is 1.42 bits per heavy atom. The number of likely N-dealkylation sites (tertiary alicyclic amines) is 1. The summed E-state index contributed by atoms with van der Waals surface area (Å²) in [5, 5.41) is 3.08. The van der Waals surface area contributed by atoms with E-state index in [9.17, 15) is 4.79 Å². The SMILES string of the molecule is O=C(NCc1cccnc1)[C@@]12COC[C@@H]1CN(Cc1ccoc1)C2. The van der Waals surface area contributed by atoms with E-state index in [1.165, 1.54) is 0 Å². The minimum atomic E-state index is -0.439. The summed E-state index contributed by atoms with van der Waals surface area (Å²) in [5.41, 5.74) is 1.71. The smallest absolute Gasteiger partial charge is 0.230 e. The quantitative estimate of drug-likeness (QED) is 0.900. The van der Waals surface area contributed by atoms with Gasteiger partial charge in [0.1, 0.15) is 0 Å². The normalized spacial score (nSPS) is 26.4. The molecule has 4 rings (SSSR count). The first kappa shape index (κ1) is 15.4. The molecule has 2 aliphatic heterocycles. The summed E-state index contributed by atoms with van der Waals surface area (Å²) in [6, 6.07) is 5.82. The maximum atomic E-state index is 12.9. The number of carbonyl (C=O) groups is 1. The molecule has 2 aliphatic rings. The fourth-order valence-corrected chi connectivity index (χ4v) is 3.78. The Hall–Kier alpha value is -2.18. The van der Waals surface area contributed by atoms with E-state index in [4.69, 9.17) is 9.15 Å². The van der Waals surface area contributed by atoms with Gasteiger partial charge in [0.25, 0.3) is 0 Å². The molecule has 2 aromatic rings. The summed E-state index contributed by atoms with van der Waals surface area (Å²) >= 11 is 0. The molecular weight excluding hydrogens is 306 g/mol. The third kappa shape index (κ3) is 2.83. The summed E-state index contributed by atoms with van der Waals surface area (Å²) in [7, 11) is 0. The summed E-state index contributed by atoms with van der Waals surface area (Å²) in [4.78, 5) is 19.3. The Kier molecular flexibility index (Phi) is 4.08. The topological polar surface area (TPSA) is 67.6 Å². The average molecular weight is 327 g/mol.